The molecule has 0 fully saturated rings. The summed E-state index contributed by atoms with van der Waals surface area (Å²) >= 11 is 0. The average molecular weight is 601 g/mol. The van der Waals surface area contributed by atoms with E-state index in [1.807, 2.05) is 0 Å². The summed E-state index contributed by atoms with van der Waals surface area (Å²) < 4.78 is 4.92. The number of benzene rings is 7. The third-order valence-corrected chi connectivity index (χ3v) is 10.5. The van der Waals surface area contributed by atoms with Gasteiger partial charge in [-0.15, -0.1) is 0 Å². The number of nitrogens with zero attached hydrogens (tertiary/aromatic N) is 2. The van der Waals surface area contributed by atoms with Crippen LogP contribution in [-0.4, -0.2) is 9.13 Å². The topological polar surface area (TPSA) is 9.86 Å². The Hall–Kier alpha value is -5.86. The lowest BCUT2D eigenvalue weighted by atomic mass is 9.81. The molecule has 9 aromatic rings. The van der Waals surface area contributed by atoms with E-state index in [0.717, 1.165) is 0 Å². The van der Waals surface area contributed by atoms with Crippen molar-refractivity contribution >= 4 is 43.6 Å². The molecule has 2 nitrogen and oxygen atoms in total. The summed E-state index contributed by atoms with van der Waals surface area (Å²) in [5, 5.41) is 5.14. The normalized spacial score (nSPS) is 13.5. The molecule has 1 aliphatic carbocycles. The molecule has 0 aliphatic heterocycles. The van der Waals surface area contributed by atoms with E-state index in [1.54, 1.807) is 0 Å². The van der Waals surface area contributed by atoms with Crippen molar-refractivity contribution in [1.82, 2.24) is 9.13 Å². The Bertz CT molecular complexity index is 2700. The zero-order chi connectivity index (χ0) is 31.3. The van der Waals surface area contributed by atoms with Gasteiger partial charge in [-0.3, -0.25) is 0 Å². The van der Waals surface area contributed by atoms with Gasteiger partial charge in [0.15, 0.2) is 0 Å². The minimum Gasteiger partial charge on any atom is -0.309 e. The molecular formula is C45H32N2. The maximum Gasteiger partial charge on any atom is 0.0588 e. The molecule has 0 saturated carbocycles. The second-order valence-electron chi connectivity index (χ2n) is 13.3. The smallest absolute Gasteiger partial charge is 0.0588 e. The van der Waals surface area contributed by atoms with Gasteiger partial charge < -0.3 is 9.13 Å². The third-order valence-electron chi connectivity index (χ3n) is 10.5. The number of hydrogen-bond donors (Lipinski definition) is 0. The van der Waals surface area contributed by atoms with Crippen molar-refractivity contribution in [1.29, 1.82) is 0 Å². The number of rotatable bonds is 3. The van der Waals surface area contributed by atoms with Crippen molar-refractivity contribution in [3.05, 3.63) is 169 Å². The predicted octanol–water partition coefficient (Wildman–Crippen LogP) is 11.9. The standard InChI is InChI=1S/C45H32N2/c1-45(2)38-22-9-6-18-33(38)35-26-27-36-34-19-7-10-23-39(34)47(44(36)43(35)45)31-17-12-14-29(28-31)32-21-13-25-41-42(32)37-20-8-11-24-40(37)46(41)30-15-4-3-5-16-30/h3-28H,1-2H3. The molecule has 0 spiro atoms. The molecule has 2 heteroatoms. The van der Waals surface area contributed by atoms with E-state index in [9.17, 15) is 0 Å². The Balaban J connectivity index is 1.26. The SMILES string of the molecule is CC1(C)c2ccccc2-c2ccc3c4ccccc4n(-c4cccc(-c5cccc6c5c5ccccc5n6-c5ccccc5)c4)c3c21. The summed E-state index contributed by atoms with van der Waals surface area (Å²) in [4.78, 5) is 0. The Kier molecular flexibility index (Phi) is 5.37. The first-order valence-corrected chi connectivity index (χ1v) is 16.5. The second-order valence-corrected chi connectivity index (χ2v) is 13.3. The molecule has 0 bridgehead atoms. The van der Waals surface area contributed by atoms with Crippen LogP contribution in [0.4, 0.5) is 0 Å². The van der Waals surface area contributed by atoms with Crippen molar-refractivity contribution in [2.45, 2.75) is 19.3 Å². The molecule has 1 aliphatic rings. The Labute approximate surface area is 273 Å². The molecule has 222 valence electrons. The van der Waals surface area contributed by atoms with Crippen molar-refractivity contribution in [2.24, 2.45) is 0 Å². The van der Waals surface area contributed by atoms with Crippen LogP contribution in [0.5, 0.6) is 0 Å². The van der Waals surface area contributed by atoms with Crippen LogP contribution in [-0.2, 0) is 5.41 Å². The second kappa shape index (κ2) is 9.57. The lowest BCUT2D eigenvalue weighted by Gasteiger charge is -2.23. The summed E-state index contributed by atoms with van der Waals surface area (Å²) in [7, 11) is 0. The first-order chi connectivity index (χ1) is 23.1. The van der Waals surface area contributed by atoms with Crippen LogP contribution in [0.15, 0.2) is 158 Å². The highest BCUT2D eigenvalue weighted by atomic mass is 15.0. The molecule has 7 aromatic carbocycles. The summed E-state index contributed by atoms with van der Waals surface area (Å²) in [5.74, 6) is 0. The molecule has 0 atom stereocenters. The monoisotopic (exact) mass is 600 g/mol. The van der Waals surface area contributed by atoms with Gasteiger partial charge in [0.1, 0.15) is 0 Å². The number of fused-ring (bicyclic) bond motifs is 10. The van der Waals surface area contributed by atoms with Crippen molar-refractivity contribution in [3.8, 4) is 33.6 Å². The van der Waals surface area contributed by atoms with Gasteiger partial charge in [-0.1, -0.05) is 129 Å². The van der Waals surface area contributed by atoms with E-state index < -0.39 is 0 Å². The summed E-state index contributed by atoms with van der Waals surface area (Å²) in [5.41, 5.74) is 15.2. The van der Waals surface area contributed by atoms with Crippen LogP contribution in [0.25, 0.3) is 77.2 Å². The molecule has 47 heavy (non-hydrogen) atoms. The third kappa shape index (κ3) is 3.56. The van der Waals surface area contributed by atoms with Crippen molar-refractivity contribution < 1.29 is 0 Å². The largest absolute Gasteiger partial charge is 0.309 e. The number of aromatic nitrogens is 2. The van der Waals surface area contributed by atoms with E-state index in [4.69, 9.17) is 0 Å². The first-order valence-electron chi connectivity index (χ1n) is 16.5. The van der Waals surface area contributed by atoms with E-state index in [0.29, 0.717) is 0 Å². The van der Waals surface area contributed by atoms with Crippen LogP contribution in [0, 0.1) is 0 Å². The van der Waals surface area contributed by atoms with Crippen molar-refractivity contribution in [2.75, 3.05) is 0 Å². The molecular weight excluding hydrogens is 569 g/mol. The van der Waals surface area contributed by atoms with E-state index in [1.165, 1.54) is 88.4 Å². The van der Waals surface area contributed by atoms with Crippen LogP contribution >= 0.6 is 0 Å². The minimum absolute atomic E-state index is 0.125. The van der Waals surface area contributed by atoms with Crippen LogP contribution < -0.4 is 0 Å². The van der Waals surface area contributed by atoms with E-state index in [-0.39, 0.29) is 5.41 Å². The molecule has 0 unspecified atom stereocenters. The van der Waals surface area contributed by atoms with Gasteiger partial charge in [0.05, 0.1) is 22.1 Å². The Morgan fingerprint density at radius 2 is 1.06 bits per heavy atom. The summed E-state index contributed by atoms with van der Waals surface area (Å²) in [6.07, 6.45) is 0. The number of hydrogen-bond acceptors (Lipinski definition) is 0. The lowest BCUT2D eigenvalue weighted by molar-refractivity contribution is 0.664. The molecule has 10 rings (SSSR count). The average Bonchev–Trinajstić information content (AvgIpc) is 3.72. The molecule has 0 saturated heterocycles. The van der Waals surface area contributed by atoms with Crippen LogP contribution in [0.2, 0.25) is 0 Å². The van der Waals surface area contributed by atoms with Gasteiger partial charge in [0, 0.05) is 38.3 Å². The van der Waals surface area contributed by atoms with Gasteiger partial charge in [-0.2, -0.15) is 0 Å². The van der Waals surface area contributed by atoms with E-state index >= 15 is 0 Å². The highest BCUT2D eigenvalue weighted by Gasteiger charge is 2.38. The van der Waals surface area contributed by atoms with Gasteiger partial charge in [-0.25, -0.2) is 0 Å². The minimum atomic E-state index is -0.125. The summed E-state index contributed by atoms with van der Waals surface area (Å²) in [6, 6.07) is 57.9. The fourth-order valence-corrected chi connectivity index (χ4v) is 8.51. The molecule has 2 heterocycles. The fraction of sp³-hybridized carbons (Fsp3) is 0.0667. The van der Waals surface area contributed by atoms with Gasteiger partial charge in [0.25, 0.3) is 0 Å². The summed E-state index contributed by atoms with van der Waals surface area (Å²) in [6.45, 7) is 4.78. The molecule has 2 aromatic heterocycles. The maximum absolute atomic E-state index is 2.52. The van der Waals surface area contributed by atoms with Crippen LogP contribution in [0.3, 0.4) is 0 Å². The highest BCUT2D eigenvalue weighted by molar-refractivity contribution is 6.16. The first kappa shape index (κ1) is 26.4. The zero-order valence-electron chi connectivity index (χ0n) is 26.4. The van der Waals surface area contributed by atoms with Gasteiger partial charge in [0.2, 0.25) is 0 Å². The highest BCUT2D eigenvalue weighted by Crippen LogP contribution is 2.53. The zero-order valence-corrected chi connectivity index (χ0v) is 26.4. The Morgan fingerprint density at radius 1 is 0.426 bits per heavy atom. The predicted molar refractivity (Wildman–Crippen MR) is 198 cm³/mol. The van der Waals surface area contributed by atoms with Gasteiger partial charge >= 0.3 is 0 Å². The van der Waals surface area contributed by atoms with Crippen molar-refractivity contribution in [3.63, 3.8) is 0 Å². The molecule has 0 radical (unpaired) electrons. The lowest BCUT2D eigenvalue weighted by Crippen LogP contribution is -2.16. The van der Waals surface area contributed by atoms with Crippen LogP contribution in [0.1, 0.15) is 25.0 Å². The number of para-hydroxylation sites is 3. The fourth-order valence-electron chi connectivity index (χ4n) is 8.51. The molecule has 0 amide bonds. The Morgan fingerprint density at radius 3 is 1.91 bits per heavy atom. The maximum atomic E-state index is 2.52. The van der Waals surface area contributed by atoms with E-state index in [2.05, 4.69) is 181 Å². The molecule has 0 N–H and O–H groups in total. The van der Waals surface area contributed by atoms with Gasteiger partial charge in [-0.05, 0) is 75.8 Å². The quantitative estimate of drug-likeness (QED) is 0.191.